The van der Waals surface area contributed by atoms with Gasteiger partial charge in [0.2, 0.25) is 0 Å². The van der Waals surface area contributed by atoms with Gasteiger partial charge in [-0.3, -0.25) is 0 Å². The van der Waals surface area contributed by atoms with Crippen LogP contribution in [-0.4, -0.2) is 21.8 Å². The fraction of sp³-hybridized carbons (Fsp3) is 0.333. The van der Waals surface area contributed by atoms with Gasteiger partial charge in [-0.25, -0.2) is 4.98 Å². The minimum absolute atomic E-state index is 0.217. The van der Waals surface area contributed by atoms with Gasteiger partial charge >= 0.3 is 0 Å². The number of hydrogen-bond donors (Lipinski definition) is 2. The topological polar surface area (TPSA) is 84.6 Å². The Morgan fingerprint density at radius 3 is 3.25 bits per heavy atom. The number of aromatic nitrogens is 1. The van der Waals surface area contributed by atoms with Crippen LogP contribution in [0.25, 0.3) is 0 Å². The molecule has 1 aromatic heterocycles. The molecule has 3 N–H and O–H groups in total. The average Bonchev–Trinajstić information content (AvgIpc) is 2.57. The summed E-state index contributed by atoms with van der Waals surface area (Å²) in [6.07, 6.45) is 3.60. The van der Waals surface area contributed by atoms with E-state index in [1.54, 1.807) is 6.20 Å². The van der Waals surface area contributed by atoms with Crippen LogP contribution in [0.4, 0.5) is 0 Å². The molecule has 1 rings (SSSR count). The minimum Gasteiger partial charge on any atom is -0.440 e. The van der Waals surface area contributed by atoms with Crippen LogP contribution < -0.4 is 5.73 Å². The molecule has 1 heterocycles. The van der Waals surface area contributed by atoms with E-state index in [0.29, 0.717) is 17.4 Å². The fourth-order valence-corrected chi connectivity index (χ4v) is 1.32. The Bertz CT molecular complexity index is 247. The van der Waals surface area contributed by atoms with E-state index in [9.17, 15) is 0 Å². The second kappa shape index (κ2) is 4.66. The van der Waals surface area contributed by atoms with Crippen molar-refractivity contribution in [2.24, 2.45) is 10.9 Å². The first kappa shape index (κ1) is 8.92. The van der Waals surface area contributed by atoms with Crippen LogP contribution in [0.5, 0.6) is 0 Å². The van der Waals surface area contributed by atoms with Gasteiger partial charge in [0, 0.05) is 12.2 Å². The van der Waals surface area contributed by atoms with Crippen LogP contribution in [-0.2, 0) is 0 Å². The molecule has 66 valence electrons. The van der Waals surface area contributed by atoms with Gasteiger partial charge in [-0.2, -0.15) is 0 Å². The summed E-state index contributed by atoms with van der Waals surface area (Å²) < 4.78 is 4.96. The van der Waals surface area contributed by atoms with Crippen molar-refractivity contribution in [1.29, 1.82) is 0 Å². The first-order chi connectivity index (χ1) is 5.83. The molecule has 12 heavy (non-hydrogen) atoms. The first-order valence-corrected chi connectivity index (χ1v) is 4.30. The van der Waals surface area contributed by atoms with E-state index in [4.69, 9.17) is 15.4 Å². The second-order valence-electron chi connectivity index (χ2n) is 1.99. The Kier molecular flexibility index (Phi) is 3.46. The van der Waals surface area contributed by atoms with Crippen molar-refractivity contribution in [2.45, 2.75) is 11.6 Å². The molecule has 0 saturated heterocycles. The smallest absolute Gasteiger partial charge is 0.255 e. The predicted molar refractivity (Wildman–Crippen MR) is 45.3 cm³/mol. The lowest BCUT2D eigenvalue weighted by Gasteiger charge is -1.94. The van der Waals surface area contributed by atoms with Crippen molar-refractivity contribution in [3.63, 3.8) is 0 Å². The molecule has 0 unspecified atom stereocenters. The number of thioether (sulfide) groups is 1. The zero-order valence-electron chi connectivity index (χ0n) is 6.30. The largest absolute Gasteiger partial charge is 0.440 e. The summed E-state index contributed by atoms with van der Waals surface area (Å²) in [5, 5.41) is 11.6. The van der Waals surface area contributed by atoms with Crippen LogP contribution in [0.3, 0.4) is 0 Å². The molecule has 5 nitrogen and oxygen atoms in total. The van der Waals surface area contributed by atoms with Crippen LogP contribution in [0.1, 0.15) is 6.42 Å². The molecule has 0 aliphatic carbocycles. The fourth-order valence-electron chi connectivity index (χ4n) is 0.575. The van der Waals surface area contributed by atoms with Crippen LogP contribution in [0, 0.1) is 0 Å². The van der Waals surface area contributed by atoms with Gasteiger partial charge in [-0.15, -0.1) is 0 Å². The first-order valence-electron chi connectivity index (χ1n) is 3.31. The van der Waals surface area contributed by atoms with E-state index >= 15 is 0 Å². The lowest BCUT2D eigenvalue weighted by molar-refractivity contribution is 0.317. The molecule has 0 radical (unpaired) electrons. The van der Waals surface area contributed by atoms with Gasteiger partial charge in [0.15, 0.2) is 0 Å². The van der Waals surface area contributed by atoms with Crippen LogP contribution in [0.15, 0.2) is 27.3 Å². The summed E-state index contributed by atoms with van der Waals surface area (Å²) in [7, 11) is 0. The van der Waals surface area contributed by atoms with Crippen LogP contribution in [0.2, 0.25) is 0 Å². The summed E-state index contributed by atoms with van der Waals surface area (Å²) in [4.78, 5) is 3.89. The van der Waals surface area contributed by atoms with Crippen molar-refractivity contribution >= 4 is 17.6 Å². The van der Waals surface area contributed by atoms with E-state index in [0.717, 1.165) is 0 Å². The van der Waals surface area contributed by atoms with Crippen molar-refractivity contribution in [2.75, 3.05) is 5.75 Å². The van der Waals surface area contributed by atoms with Gasteiger partial charge in [0.1, 0.15) is 12.1 Å². The molecule has 0 fully saturated rings. The van der Waals surface area contributed by atoms with Gasteiger partial charge in [-0.1, -0.05) is 16.9 Å². The average molecular weight is 187 g/mol. The standard InChI is InChI=1S/C6H9N3O2S/c7-5(9-10)1-4-12-6-8-2-3-11-6/h2-3,10H,1,4H2,(H2,7,9). The van der Waals surface area contributed by atoms with Crippen molar-refractivity contribution in [1.82, 2.24) is 4.98 Å². The number of oxazole rings is 1. The maximum Gasteiger partial charge on any atom is 0.255 e. The second-order valence-corrected chi connectivity index (χ2v) is 3.03. The molecular formula is C6H9N3O2S. The molecule has 0 spiro atoms. The van der Waals surface area contributed by atoms with Gasteiger partial charge < -0.3 is 15.4 Å². The molecule has 0 atom stereocenters. The Morgan fingerprint density at radius 2 is 2.67 bits per heavy atom. The van der Waals surface area contributed by atoms with Gasteiger partial charge in [0.05, 0.1) is 6.20 Å². The SMILES string of the molecule is N/C(CCSc1ncco1)=N/O. The van der Waals surface area contributed by atoms with E-state index < -0.39 is 0 Å². The normalized spacial score (nSPS) is 11.8. The highest BCUT2D eigenvalue weighted by molar-refractivity contribution is 7.99. The number of amidine groups is 1. The Balaban J connectivity index is 2.19. The van der Waals surface area contributed by atoms with E-state index in [2.05, 4.69) is 10.1 Å². The summed E-state index contributed by atoms with van der Waals surface area (Å²) in [6.45, 7) is 0. The summed E-state index contributed by atoms with van der Waals surface area (Å²) in [5.41, 5.74) is 5.25. The van der Waals surface area contributed by atoms with E-state index in [1.807, 2.05) is 0 Å². The highest BCUT2D eigenvalue weighted by Gasteiger charge is 1.99. The van der Waals surface area contributed by atoms with E-state index in [1.165, 1.54) is 18.0 Å². The molecule has 1 aromatic rings. The van der Waals surface area contributed by atoms with Gasteiger partial charge in [0.25, 0.3) is 5.22 Å². The zero-order valence-corrected chi connectivity index (χ0v) is 7.12. The number of oxime groups is 1. The number of nitrogens with two attached hydrogens (primary N) is 1. The third kappa shape index (κ3) is 2.83. The predicted octanol–water partition coefficient (Wildman–Crippen LogP) is 0.903. The summed E-state index contributed by atoms with van der Waals surface area (Å²) >= 11 is 1.42. The van der Waals surface area contributed by atoms with Crippen molar-refractivity contribution < 1.29 is 9.62 Å². The molecule has 0 saturated carbocycles. The van der Waals surface area contributed by atoms with Crippen molar-refractivity contribution in [3.05, 3.63) is 12.5 Å². The number of hydrogen-bond acceptors (Lipinski definition) is 5. The molecular weight excluding hydrogens is 178 g/mol. The lowest BCUT2D eigenvalue weighted by atomic mass is 10.5. The Hall–Kier alpha value is -1.17. The van der Waals surface area contributed by atoms with Crippen LogP contribution >= 0.6 is 11.8 Å². The molecule has 0 aliphatic heterocycles. The Morgan fingerprint density at radius 1 is 1.83 bits per heavy atom. The Labute approximate surface area is 73.6 Å². The van der Waals surface area contributed by atoms with E-state index in [-0.39, 0.29) is 5.84 Å². The summed E-state index contributed by atoms with van der Waals surface area (Å²) in [6, 6.07) is 0. The molecule has 0 bridgehead atoms. The maximum atomic E-state index is 8.21. The summed E-state index contributed by atoms with van der Waals surface area (Å²) in [5.74, 6) is 0.908. The highest BCUT2D eigenvalue weighted by atomic mass is 32.2. The van der Waals surface area contributed by atoms with Crippen molar-refractivity contribution in [3.8, 4) is 0 Å². The highest BCUT2D eigenvalue weighted by Crippen LogP contribution is 2.15. The lowest BCUT2D eigenvalue weighted by Crippen LogP contribution is -2.11. The molecule has 0 aromatic carbocycles. The number of nitrogens with zero attached hydrogens (tertiary/aromatic N) is 2. The third-order valence-electron chi connectivity index (χ3n) is 1.12. The molecule has 0 amide bonds. The minimum atomic E-state index is 0.217. The van der Waals surface area contributed by atoms with Gasteiger partial charge in [-0.05, 0) is 0 Å². The molecule has 6 heteroatoms. The maximum absolute atomic E-state index is 8.21. The third-order valence-corrected chi connectivity index (χ3v) is 1.98. The quantitative estimate of drug-likeness (QED) is 0.240. The molecule has 0 aliphatic rings. The monoisotopic (exact) mass is 187 g/mol. The number of rotatable bonds is 4. The zero-order chi connectivity index (χ0) is 8.81.